The SMILES string of the molecule is Cc1cc(F)cc(C(O)c2cc(F)ccc2C(F)(F)F)c1. The van der Waals surface area contributed by atoms with Gasteiger partial charge in [-0.05, 0) is 48.4 Å². The molecule has 0 aliphatic rings. The fourth-order valence-corrected chi connectivity index (χ4v) is 2.12. The Kier molecular flexibility index (Phi) is 4.00. The number of benzene rings is 2. The molecule has 0 aromatic heterocycles. The summed E-state index contributed by atoms with van der Waals surface area (Å²) in [6.07, 6.45) is -6.52. The normalized spacial score (nSPS) is 13.3. The van der Waals surface area contributed by atoms with E-state index in [4.69, 9.17) is 0 Å². The highest BCUT2D eigenvalue weighted by Crippen LogP contribution is 2.37. The summed E-state index contributed by atoms with van der Waals surface area (Å²) in [5, 5.41) is 10.1. The van der Waals surface area contributed by atoms with Gasteiger partial charge < -0.3 is 5.11 Å². The van der Waals surface area contributed by atoms with E-state index in [-0.39, 0.29) is 5.56 Å². The van der Waals surface area contributed by atoms with E-state index in [9.17, 15) is 27.1 Å². The fraction of sp³-hybridized carbons (Fsp3) is 0.200. The maximum Gasteiger partial charge on any atom is 0.416 e. The van der Waals surface area contributed by atoms with E-state index in [0.717, 1.165) is 6.07 Å². The second-order valence-corrected chi connectivity index (χ2v) is 4.69. The standard InChI is InChI=1S/C15H11F5O/c1-8-4-9(6-11(17)5-8)14(21)12-7-10(16)2-3-13(12)15(18,19)20/h2-7,14,21H,1H3. The van der Waals surface area contributed by atoms with Gasteiger partial charge in [-0.3, -0.25) is 0 Å². The molecule has 0 heterocycles. The predicted molar refractivity (Wildman–Crippen MR) is 66.6 cm³/mol. The van der Waals surface area contributed by atoms with Crippen molar-refractivity contribution in [3.8, 4) is 0 Å². The van der Waals surface area contributed by atoms with Crippen molar-refractivity contribution in [1.29, 1.82) is 0 Å². The number of aliphatic hydroxyl groups excluding tert-OH is 1. The molecule has 2 aromatic carbocycles. The highest BCUT2D eigenvalue weighted by molar-refractivity contribution is 5.39. The zero-order valence-corrected chi connectivity index (χ0v) is 10.9. The Bertz CT molecular complexity index is 643. The molecule has 2 aromatic rings. The fourth-order valence-electron chi connectivity index (χ4n) is 2.12. The summed E-state index contributed by atoms with van der Waals surface area (Å²) >= 11 is 0. The van der Waals surface area contributed by atoms with Crippen LogP contribution >= 0.6 is 0 Å². The first-order valence-electron chi connectivity index (χ1n) is 6.00. The van der Waals surface area contributed by atoms with Crippen LogP contribution in [0, 0.1) is 18.6 Å². The molecule has 0 fully saturated rings. The van der Waals surface area contributed by atoms with Crippen molar-refractivity contribution in [3.63, 3.8) is 0 Å². The third kappa shape index (κ3) is 3.39. The number of hydrogen-bond donors (Lipinski definition) is 1. The Balaban J connectivity index is 2.57. The van der Waals surface area contributed by atoms with E-state index in [1.54, 1.807) is 0 Å². The Morgan fingerprint density at radius 3 is 2.19 bits per heavy atom. The van der Waals surface area contributed by atoms with Gasteiger partial charge in [0.15, 0.2) is 0 Å². The smallest absolute Gasteiger partial charge is 0.384 e. The Morgan fingerprint density at radius 1 is 0.952 bits per heavy atom. The predicted octanol–water partition coefficient (Wildman–Crippen LogP) is 4.37. The van der Waals surface area contributed by atoms with Crippen LogP contribution in [0.2, 0.25) is 0 Å². The van der Waals surface area contributed by atoms with Gasteiger partial charge in [-0.1, -0.05) is 6.07 Å². The first kappa shape index (κ1) is 15.4. The molecular formula is C15H11F5O. The maximum atomic E-state index is 13.3. The minimum absolute atomic E-state index is 0.0661. The van der Waals surface area contributed by atoms with Crippen molar-refractivity contribution >= 4 is 0 Å². The van der Waals surface area contributed by atoms with Crippen LogP contribution < -0.4 is 0 Å². The lowest BCUT2D eigenvalue weighted by Crippen LogP contribution is -2.13. The number of aliphatic hydroxyl groups is 1. The van der Waals surface area contributed by atoms with Crippen LogP contribution in [0.3, 0.4) is 0 Å². The first-order chi connectivity index (χ1) is 9.68. The van der Waals surface area contributed by atoms with Crippen LogP contribution in [-0.2, 0) is 6.18 Å². The minimum atomic E-state index is -4.74. The molecule has 21 heavy (non-hydrogen) atoms. The molecule has 6 heteroatoms. The molecule has 112 valence electrons. The number of aryl methyl sites for hydroxylation is 1. The molecule has 0 spiro atoms. The van der Waals surface area contributed by atoms with E-state index in [2.05, 4.69) is 0 Å². The molecule has 0 bridgehead atoms. The highest BCUT2D eigenvalue weighted by Gasteiger charge is 2.35. The van der Waals surface area contributed by atoms with Crippen molar-refractivity contribution in [2.75, 3.05) is 0 Å². The zero-order valence-electron chi connectivity index (χ0n) is 10.9. The summed E-state index contributed by atoms with van der Waals surface area (Å²) in [5.74, 6) is -1.60. The van der Waals surface area contributed by atoms with Crippen LogP contribution in [0.15, 0.2) is 36.4 Å². The van der Waals surface area contributed by atoms with Crippen LogP contribution in [0.1, 0.15) is 28.4 Å². The topological polar surface area (TPSA) is 20.2 Å². The van der Waals surface area contributed by atoms with Gasteiger partial charge in [0.2, 0.25) is 0 Å². The third-order valence-electron chi connectivity index (χ3n) is 2.99. The Morgan fingerprint density at radius 2 is 1.62 bits per heavy atom. The van der Waals surface area contributed by atoms with Crippen molar-refractivity contribution < 1.29 is 27.1 Å². The van der Waals surface area contributed by atoms with Gasteiger partial charge in [-0.2, -0.15) is 13.2 Å². The average molecular weight is 302 g/mol. The van der Waals surface area contributed by atoms with Crippen LogP contribution in [0.5, 0.6) is 0 Å². The summed E-state index contributed by atoms with van der Waals surface area (Å²) in [6.45, 7) is 1.54. The van der Waals surface area contributed by atoms with Crippen LogP contribution in [0.25, 0.3) is 0 Å². The quantitative estimate of drug-likeness (QED) is 0.817. The maximum absolute atomic E-state index is 13.3. The molecule has 1 unspecified atom stereocenters. The average Bonchev–Trinajstić information content (AvgIpc) is 2.35. The van der Waals surface area contributed by atoms with Gasteiger partial charge in [0.1, 0.15) is 17.7 Å². The largest absolute Gasteiger partial charge is 0.416 e. The third-order valence-corrected chi connectivity index (χ3v) is 2.99. The second kappa shape index (κ2) is 5.44. The number of alkyl halides is 3. The molecule has 0 saturated carbocycles. The lowest BCUT2D eigenvalue weighted by Gasteiger charge is -2.18. The Labute approximate surface area is 117 Å². The summed E-state index contributed by atoms with van der Waals surface area (Å²) in [4.78, 5) is 0. The summed E-state index contributed by atoms with van der Waals surface area (Å²) in [6, 6.07) is 5.26. The molecule has 0 amide bonds. The minimum Gasteiger partial charge on any atom is -0.384 e. The molecule has 1 atom stereocenters. The van der Waals surface area contributed by atoms with Gasteiger partial charge in [0.25, 0.3) is 0 Å². The van der Waals surface area contributed by atoms with Gasteiger partial charge in [0.05, 0.1) is 5.56 Å². The number of hydrogen-bond acceptors (Lipinski definition) is 1. The van der Waals surface area contributed by atoms with Crippen molar-refractivity contribution in [3.05, 3.63) is 70.3 Å². The van der Waals surface area contributed by atoms with Gasteiger partial charge >= 0.3 is 6.18 Å². The molecule has 0 radical (unpaired) electrons. The zero-order chi connectivity index (χ0) is 15.8. The summed E-state index contributed by atoms with van der Waals surface area (Å²) < 4.78 is 65.2. The molecule has 2 rings (SSSR count). The molecule has 0 saturated heterocycles. The highest BCUT2D eigenvalue weighted by atomic mass is 19.4. The van der Waals surface area contributed by atoms with Crippen molar-refractivity contribution in [2.24, 2.45) is 0 Å². The number of rotatable bonds is 2. The summed E-state index contributed by atoms with van der Waals surface area (Å²) in [7, 11) is 0. The Hall–Kier alpha value is -1.95. The monoisotopic (exact) mass is 302 g/mol. The lowest BCUT2D eigenvalue weighted by atomic mass is 9.95. The lowest BCUT2D eigenvalue weighted by molar-refractivity contribution is -0.139. The van der Waals surface area contributed by atoms with Gasteiger partial charge in [-0.15, -0.1) is 0 Å². The molecule has 0 aliphatic heterocycles. The first-order valence-corrected chi connectivity index (χ1v) is 6.00. The van der Waals surface area contributed by atoms with Crippen molar-refractivity contribution in [2.45, 2.75) is 19.2 Å². The van der Waals surface area contributed by atoms with E-state index < -0.39 is 35.0 Å². The molecular weight excluding hydrogens is 291 g/mol. The van der Waals surface area contributed by atoms with E-state index in [0.29, 0.717) is 23.8 Å². The molecule has 1 nitrogen and oxygen atoms in total. The van der Waals surface area contributed by atoms with Gasteiger partial charge in [-0.25, -0.2) is 8.78 Å². The van der Waals surface area contributed by atoms with E-state index >= 15 is 0 Å². The van der Waals surface area contributed by atoms with E-state index in [1.165, 1.54) is 19.1 Å². The summed E-state index contributed by atoms with van der Waals surface area (Å²) in [5.41, 5.74) is -1.43. The van der Waals surface area contributed by atoms with Crippen LogP contribution in [-0.4, -0.2) is 5.11 Å². The van der Waals surface area contributed by atoms with Crippen molar-refractivity contribution in [1.82, 2.24) is 0 Å². The van der Waals surface area contributed by atoms with E-state index in [1.807, 2.05) is 0 Å². The number of halogens is 5. The molecule has 0 aliphatic carbocycles. The molecule has 1 N–H and O–H groups in total. The van der Waals surface area contributed by atoms with Gasteiger partial charge in [0, 0.05) is 5.56 Å². The second-order valence-electron chi connectivity index (χ2n) is 4.69. The van der Waals surface area contributed by atoms with Crippen LogP contribution in [0.4, 0.5) is 22.0 Å².